The third-order valence-electron chi connectivity index (χ3n) is 3.87. The lowest BCUT2D eigenvalue weighted by Crippen LogP contribution is -2.07. The van der Waals surface area contributed by atoms with Crippen LogP contribution in [0, 0.1) is 0 Å². The maximum absolute atomic E-state index is 12.1. The van der Waals surface area contributed by atoms with Gasteiger partial charge in [-0.05, 0) is 35.4 Å². The van der Waals surface area contributed by atoms with E-state index in [-0.39, 0.29) is 0 Å². The van der Waals surface area contributed by atoms with Crippen LogP contribution in [0.2, 0.25) is 6.04 Å². The van der Waals surface area contributed by atoms with E-state index in [4.69, 9.17) is 33.2 Å². The van der Waals surface area contributed by atoms with E-state index >= 15 is 0 Å². The van der Waals surface area contributed by atoms with Crippen LogP contribution in [0.4, 0.5) is 0 Å². The predicted molar refractivity (Wildman–Crippen MR) is 116 cm³/mol. The Morgan fingerprint density at radius 3 is 1.76 bits per heavy atom. The van der Waals surface area contributed by atoms with Crippen LogP contribution in [0.15, 0.2) is 35.2 Å². The summed E-state index contributed by atoms with van der Waals surface area (Å²) in [4.78, 5) is 0.400. The highest BCUT2D eigenvalue weighted by Gasteiger charge is 2.23. The number of hydrogen-bond acceptors (Lipinski definition) is 3. The van der Waals surface area contributed by atoms with Gasteiger partial charge in [0.15, 0.2) is 0 Å². The molecular formula is C17H27Cl3O2S2Si. The van der Waals surface area contributed by atoms with E-state index in [1.807, 2.05) is 6.07 Å². The Kier molecular flexibility index (Phi) is 12.2. The van der Waals surface area contributed by atoms with Gasteiger partial charge in [0.2, 0.25) is 8.87 Å². The number of benzene rings is 1. The van der Waals surface area contributed by atoms with E-state index in [1.165, 1.54) is 32.1 Å². The van der Waals surface area contributed by atoms with Gasteiger partial charge in [0.1, 0.15) is 0 Å². The fourth-order valence-electron chi connectivity index (χ4n) is 2.49. The van der Waals surface area contributed by atoms with E-state index in [0.717, 1.165) is 42.5 Å². The Bertz CT molecular complexity index is 563. The predicted octanol–water partition coefficient (Wildman–Crippen LogP) is 7.27. The summed E-state index contributed by atoms with van der Waals surface area (Å²) in [6.07, 6.45) is 10.3. The molecule has 0 unspecified atom stereocenters. The Hall–Kier alpha value is 0.607. The summed E-state index contributed by atoms with van der Waals surface area (Å²) in [6.45, 7) is 0. The van der Waals surface area contributed by atoms with Crippen LogP contribution < -0.4 is 0 Å². The lowest BCUT2D eigenvalue weighted by molar-refractivity contribution is 0.573. The molecule has 0 saturated carbocycles. The van der Waals surface area contributed by atoms with Crippen molar-refractivity contribution >= 4 is 58.9 Å². The summed E-state index contributed by atoms with van der Waals surface area (Å²) in [5.41, 5.74) is 0. The Labute approximate surface area is 171 Å². The molecule has 0 radical (unpaired) electrons. The molecule has 0 atom stereocenters. The van der Waals surface area contributed by atoms with Crippen molar-refractivity contribution in [3.8, 4) is 0 Å². The van der Waals surface area contributed by atoms with Crippen molar-refractivity contribution in [3.63, 3.8) is 0 Å². The summed E-state index contributed by atoms with van der Waals surface area (Å²) in [7, 11) is -2.14. The molecule has 1 rings (SSSR count). The highest BCUT2D eigenvalue weighted by Crippen LogP contribution is 2.28. The minimum absolute atomic E-state index is 0.400. The van der Waals surface area contributed by atoms with Crippen molar-refractivity contribution in [3.05, 3.63) is 30.3 Å². The van der Waals surface area contributed by atoms with Gasteiger partial charge >= 0.3 is 6.00 Å². The van der Waals surface area contributed by atoms with Crippen molar-refractivity contribution in [2.75, 3.05) is 5.75 Å². The SMILES string of the molecule is O=S(=O)(SCCCCCCCCCCC[Si](Cl)(Cl)Cl)c1ccccc1. The number of halogens is 3. The minimum atomic E-state index is -3.19. The zero-order chi connectivity index (χ0) is 18.6. The summed E-state index contributed by atoms with van der Waals surface area (Å²) in [5, 5.41) is 0. The molecule has 0 heterocycles. The maximum atomic E-state index is 12.1. The largest absolute Gasteiger partial charge is 0.341 e. The van der Waals surface area contributed by atoms with E-state index in [9.17, 15) is 8.42 Å². The standard InChI is InChI=1S/C17H27Cl3O2S2Si/c18-25(19,20)16-12-7-5-3-1-2-4-6-11-15-23-24(21,22)17-13-9-8-10-14-17/h8-10,13-14H,1-7,11-12,15-16H2. The van der Waals surface area contributed by atoms with Gasteiger partial charge in [-0.3, -0.25) is 0 Å². The van der Waals surface area contributed by atoms with E-state index in [1.54, 1.807) is 24.3 Å². The first kappa shape index (κ1) is 23.6. The Balaban J connectivity index is 1.94. The second-order valence-electron chi connectivity index (χ2n) is 6.14. The van der Waals surface area contributed by atoms with Gasteiger partial charge in [0.05, 0.1) is 4.90 Å². The molecule has 0 fully saturated rings. The van der Waals surface area contributed by atoms with Crippen LogP contribution in [0.1, 0.15) is 57.8 Å². The Morgan fingerprint density at radius 2 is 1.24 bits per heavy atom. The van der Waals surface area contributed by atoms with Crippen LogP contribution in [0.3, 0.4) is 0 Å². The fourth-order valence-corrected chi connectivity index (χ4v) is 7.26. The molecular weight excluding hydrogens is 435 g/mol. The number of rotatable bonds is 14. The van der Waals surface area contributed by atoms with Crippen molar-refractivity contribution in [1.29, 1.82) is 0 Å². The molecule has 1 aromatic rings. The highest BCUT2D eigenvalue weighted by molar-refractivity contribution is 8.72. The molecule has 0 aliphatic rings. The second-order valence-corrected chi connectivity index (χ2v) is 19.5. The summed E-state index contributed by atoms with van der Waals surface area (Å²) in [5.74, 6) is 0.665. The molecule has 0 aromatic heterocycles. The second kappa shape index (κ2) is 12.9. The van der Waals surface area contributed by atoms with E-state index in [0.29, 0.717) is 10.6 Å². The van der Waals surface area contributed by atoms with E-state index < -0.39 is 14.9 Å². The topological polar surface area (TPSA) is 34.1 Å². The van der Waals surface area contributed by atoms with Gasteiger partial charge < -0.3 is 0 Å². The molecule has 0 N–H and O–H groups in total. The molecule has 25 heavy (non-hydrogen) atoms. The first-order valence-corrected chi connectivity index (χ1v) is 17.1. The van der Waals surface area contributed by atoms with Gasteiger partial charge in [-0.15, -0.1) is 33.2 Å². The van der Waals surface area contributed by atoms with Crippen molar-refractivity contribution in [1.82, 2.24) is 0 Å². The van der Waals surface area contributed by atoms with Gasteiger partial charge in [-0.1, -0.05) is 69.6 Å². The molecule has 0 aliphatic heterocycles. The van der Waals surface area contributed by atoms with Gasteiger partial charge in [-0.25, -0.2) is 8.42 Å². The zero-order valence-corrected chi connectivity index (χ0v) is 19.3. The van der Waals surface area contributed by atoms with Crippen LogP contribution >= 0.6 is 44.0 Å². The normalized spacial score (nSPS) is 12.4. The average Bonchev–Trinajstić information content (AvgIpc) is 2.55. The zero-order valence-electron chi connectivity index (χ0n) is 14.4. The minimum Gasteiger partial charge on any atom is -0.212 e. The van der Waals surface area contributed by atoms with Crippen molar-refractivity contribution in [2.24, 2.45) is 0 Å². The molecule has 0 saturated heterocycles. The van der Waals surface area contributed by atoms with Gasteiger partial charge in [-0.2, -0.15) is 0 Å². The molecule has 8 heteroatoms. The molecule has 0 spiro atoms. The van der Waals surface area contributed by atoms with E-state index in [2.05, 4.69) is 0 Å². The van der Waals surface area contributed by atoms with Gasteiger partial charge in [0, 0.05) is 5.75 Å². The Morgan fingerprint density at radius 1 is 0.760 bits per heavy atom. The molecule has 0 bridgehead atoms. The molecule has 0 aliphatic carbocycles. The van der Waals surface area contributed by atoms with Crippen molar-refractivity contribution < 1.29 is 8.42 Å². The number of hydrogen-bond donors (Lipinski definition) is 0. The third kappa shape index (κ3) is 12.6. The summed E-state index contributed by atoms with van der Waals surface area (Å²) in [6, 6.07) is 6.99. The average molecular weight is 462 g/mol. The quantitative estimate of drug-likeness (QED) is 0.126. The van der Waals surface area contributed by atoms with Crippen LogP contribution in [-0.4, -0.2) is 20.2 Å². The smallest absolute Gasteiger partial charge is 0.212 e. The molecule has 0 amide bonds. The maximum Gasteiger partial charge on any atom is 0.341 e. The number of unbranched alkanes of at least 4 members (excludes halogenated alkanes) is 8. The third-order valence-corrected chi connectivity index (χ3v) is 10.1. The molecule has 1 aromatic carbocycles. The summed E-state index contributed by atoms with van der Waals surface area (Å²) < 4.78 is 24.2. The van der Waals surface area contributed by atoms with Crippen LogP contribution in [-0.2, 0) is 8.87 Å². The van der Waals surface area contributed by atoms with Crippen LogP contribution in [0.25, 0.3) is 0 Å². The summed E-state index contributed by atoms with van der Waals surface area (Å²) >= 11 is 17.5. The van der Waals surface area contributed by atoms with Gasteiger partial charge in [0.25, 0.3) is 0 Å². The van der Waals surface area contributed by atoms with Crippen LogP contribution in [0.5, 0.6) is 0 Å². The molecule has 144 valence electrons. The lowest BCUT2D eigenvalue weighted by atomic mass is 10.1. The lowest BCUT2D eigenvalue weighted by Gasteiger charge is -2.07. The first-order valence-electron chi connectivity index (χ1n) is 8.82. The highest BCUT2D eigenvalue weighted by atomic mass is 35.8. The first-order chi connectivity index (χ1) is 11.8. The molecule has 2 nitrogen and oxygen atoms in total. The monoisotopic (exact) mass is 460 g/mol. The van der Waals surface area contributed by atoms with Crippen molar-refractivity contribution in [2.45, 2.75) is 68.7 Å². The fraction of sp³-hybridized carbons (Fsp3) is 0.647.